The van der Waals surface area contributed by atoms with Gasteiger partial charge in [-0.2, -0.15) is 0 Å². The van der Waals surface area contributed by atoms with Gasteiger partial charge in [-0.3, -0.25) is 14.2 Å². The van der Waals surface area contributed by atoms with Crippen LogP contribution >= 0.6 is 7.82 Å². The molecule has 10 heteroatoms. The number of amides is 1. The van der Waals surface area contributed by atoms with E-state index in [1.54, 1.807) is 0 Å². The van der Waals surface area contributed by atoms with Crippen LogP contribution in [0.5, 0.6) is 0 Å². The first-order chi connectivity index (χ1) is 36.4. The van der Waals surface area contributed by atoms with E-state index in [-0.39, 0.29) is 31.5 Å². The highest BCUT2D eigenvalue weighted by atomic mass is 31.2. The number of unbranched alkanes of at least 4 members (excludes halogenated alkanes) is 36. The summed E-state index contributed by atoms with van der Waals surface area (Å²) in [4.78, 5) is 40.0. The largest absolute Gasteiger partial charge is 0.756 e. The van der Waals surface area contributed by atoms with Crippen LogP contribution in [0, 0.1) is 0 Å². The highest BCUT2D eigenvalue weighted by Gasteiger charge is 2.27. The van der Waals surface area contributed by atoms with Gasteiger partial charge < -0.3 is 28.5 Å². The SMILES string of the molecule is CCCCC/C=C\C/C=C\C/C=C\CCCCCCCCC(=O)OC(/C=C/CCCCCCCCCCCCC)C(COP(=O)([O-])OCC[N+](C)(C)C)NC(=O)CCCCCCCCCCCCCCCCCCC. The highest BCUT2D eigenvalue weighted by molar-refractivity contribution is 7.45. The zero-order valence-corrected chi connectivity index (χ0v) is 51.2. The first kappa shape index (κ1) is 73.0. The summed E-state index contributed by atoms with van der Waals surface area (Å²) in [5.41, 5.74) is 0. The lowest BCUT2D eigenvalue weighted by Gasteiger charge is -2.30. The van der Waals surface area contributed by atoms with Crippen molar-refractivity contribution in [3.63, 3.8) is 0 Å². The number of phosphoric acid groups is 1. The van der Waals surface area contributed by atoms with Gasteiger partial charge in [0.15, 0.2) is 0 Å². The Morgan fingerprint density at radius 1 is 0.467 bits per heavy atom. The highest BCUT2D eigenvalue weighted by Crippen LogP contribution is 2.38. The van der Waals surface area contributed by atoms with Crippen molar-refractivity contribution in [3.05, 3.63) is 48.6 Å². The van der Waals surface area contributed by atoms with E-state index in [1.807, 2.05) is 33.3 Å². The molecule has 440 valence electrons. The Balaban J connectivity index is 5.27. The number of allylic oxidation sites excluding steroid dienone is 7. The number of phosphoric ester groups is 1. The molecule has 0 fully saturated rings. The number of carbonyl (C=O) groups is 2. The molecule has 0 spiro atoms. The predicted octanol–water partition coefficient (Wildman–Crippen LogP) is 19.0. The number of quaternary nitrogens is 1. The summed E-state index contributed by atoms with van der Waals surface area (Å²) in [5.74, 6) is -0.543. The maximum absolute atomic E-state index is 13.5. The summed E-state index contributed by atoms with van der Waals surface area (Å²) in [6, 6.07) is -0.891. The zero-order chi connectivity index (χ0) is 55.0. The van der Waals surface area contributed by atoms with Crippen molar-refractivity contribution in [1.29, 1.82) is 0 Å². The second-order valence-electron chi connectivity index (χ2n) is 22.9. The fourth-order valence-electron chi connectivity index (χ4n) is 9.29. The van der Waals surface area contributed by atoms with E-state index in [0.29, 0.717) is 17.4 Å². The Labute approximate surface area is 465 Å². The smallest absolute Gasteiger partial charge is 0.306 e. The number of likely N-dealkylation sites (N-methyl/N-ethyl adjacent to an activating group) is 1. The monoisotopic (exact) mass is 1070 g/mol. The lowest BCUT2D eigenvalue weighted by molar-refractivity contribution is -0.870. The molecule has 0 aromatic heterocycles. The number of esters is 1. The predicted molar refractivity (Wildman–Crippen MR) is 321 cm³/mol. The van der Waals surface area contributed by atoms with Gasteiger partial charge in [-0.05, 0) is 70.3 Å². The van der Waals surface area contributed by atoms with Gasteiger partial charge in [-0.25, -0.2) is 0 Å². The normalized spacial score (nSPS) is 14.0. The number of carbonyl (C=O) groups excluding carboxylic acids is 2. The minimum absolute atomic E-state index is 0.0233. The van der Waals surface area contributed by atoms with Crippen molar-refractivity contribution in [3.8, 4) is 0 Å². The standard InChI is InChI=1S/C65H123N2O7P/c1-7-10-13-16-19-22-25-28-30-32-33-35-37-40-43-46-49-52-55-58-65(69)74-63(56-53-50-47-44-41-38-27-24-21-18-15-12-9-3)62(61-73-75(70,71)72-60-59-67(4,5)6)66-64(68)57-54-51-48-45-42-39-36-34-31-29-26-23-20-17-14-11-8-2/h19,22,28,30,33,35,53,56,62-63H,7-18,20-21,23-27,29,31-32,34,36-52,54-55,57-61H2,1-6H3,(H-,66,68,70,71)/b22-19-,30-28-,35-33-,56-53+. The van der Waals surface area contributed by atoms with Gasteiger partial charge in [0, 0.05) is 12.8 Å². The molecule has 0 aliphatic carbocycles. The summed E-state index contributed by atoms with van der Waals surface area (Å²) >= 11 is 0. The van der Waals surface area contributed by atoms with Crippen molar-refractivity contribution in [2.24, 2.45) is 0 Å². The minimum atomic E-state index is -4.70. The molecule has 0 radical (unpaired) electrons. The summed E-state index contributed by atoms with van der Waals surface area (Å²) in [6.45, 7) is 6.84. The average Bonchev–Trinajstić information content (AvgIpc) is 3.37. The molecule has 0 rings (SSSR count). The van der Waals surface area contributed by atoms with E-state index in [2.05, 4.69) is 62.5 Å². The second kappa shape index (κ2) is 55.3. The third-order valence-corrected chi connectivity index (χ3v) is 15.2. The minimum Gasteiger partial charge on any atom is -0.756 e. The van der Waals surface area contributed by atoms with Crippen LogP contribution in [0.4, 0.5) is 0 Å². The topological polar surface area (TPSA) is 114 Å². The fourth-order valence-corrected chi connectivity index (χ4v) is 10.0. The van der Waals surface area contributed by atoms with Crippen molar-refractivity contribution in [2.75, 3.05) is 40.9 Å². The number of hydrogen-bond donors (Lipinski definition) is 1. The van der Waals surface area contributed by atoms with Crippen LogP contribution in [-0.4, -0.2) is 69.4 Å². The molecule has 1 amide bonds. The third kappa shape index (κ3) is 56.5. The Morgan fingerprint density at radius 3 is 1.24 bits per heavy atom. The van der Waals surface area contributed by atoms with Gasteiger partial charge in [0.05, 0.1) is 33.8 Å². The molecule has 0 aliphatic rings. The number of hydrogen-bond acceptors (Lipinski definition) is 7. The summed E-state index contributed by atoms with van der Waals surface area (Å²) in [6.07, 6.45) is 67.8. The quantitative estimate of drug-likeness (QED) is 0.0212. The number of nitrogens with one attached hydrogen (secondary N) is 1. The van der Waals surface area contributed by atoms with Crippen LogP contribution in [0.3, 0.4) is 0 Å². The van der Waals surface area contributed by atoms with E-state index in [9.17, 15) is 19.0 Å². The molecular weight excluding hydrogens is 952 g/mol. The van der Waals surface area contributed by atoms with Crippen molar-refractivity contribution < 1.29 is 37.3 Å². The molecule has 75 heavy (non-hydrogen) atoms. The van der Waals surface area contributed by atoms with Crippen molar-refractivity contribution in [2.45, 2.75) is 315 Å². The summed E-state index contributed by atoms with van der Waals surface area (Å²) in [7, 11) is 1.19. The Bertz CT molecular complexity index is 1420. The number of nitrogens with zero attached hydrogens (tertiary/aromatic N) is 1. The molecule has 0 heterocycles. The Morgan fingerprint density at radius 2 is 0.813 bits per heavy atom. The van der Waals surface area contributed by atoms with Crippen LogP contribution in [0.15, 0.2) is 48.6 Å². The van der Waals surface area contributed by atoms with Crippen LogP contribution < -0.4 is 10.2 Å². The summed E-state index contributed by atoms with van der Waals surface area (Å²) < 4.78 is 30.3. The van der Waals surface area contributed by atoms with Crippen molar-refractivity contribution >= 4 is 19.7 Å². The third-order valence-electron chi connectivity index (χ3n) is 14.3. The molecule has 3 unspecified atom stereocenters. The molecule has 0 bridgehead atoms. The van der Waals surface area contributed by atoms with Gasteiger partial charge in [0.1, 0.15) is 19.3 Å². The fraction of sp³-hybridized carbons (Fsp3) is 0.846. The number of ether oxygens (including phenoxy) is 1. The Hall–Kier alpha value is -2.03. The maximum Gasteiger partial charge on any atom is 0.306 e. The van der Waals surface area contributed by atoms with Crippen LogP contribution in [0.25, 0.3) is 0 Å². The van der Waals surface area contributed by atoms with Crippen LogP contribution in [0.2, 0.25) is 0 Å². The van der Waals surface area contributed by atoms with E-state index < -0.39 is 20.0 Å². The van der Waals surface area contributed by atoms with Gasteiger partial charge >= 0.3 is 5.97 Å². The van der Waals surface area contributed by atoms with Gasteiger partial charge in [0.25, 0.3) is 7.82 Å². The lowest BCUT2D eigenvalue weighted by Crippen LogP contribution is -2.47. The van der Waals surface area contributed by atoms with Crippen LogP contribution in [0.1, 0.15) is 303 Å². The van der Waals surface area contributed by atoms with E-state index >= 15 is 0 Å². The molecule has 0 saturated carbocycles. The zero-order valence-electron chi connectivity index (χ0n) is 50.3. The molecule has 3 atom stereocenters. The molecule has 1 N–H and O–H groups in total. The molecule has 0 saturated heterocycles. The molecular formula is C65H123N2O7P. The maximum atomic E-state index is 13.5. The molecule has 0 aliphatic heterocycles. The van der Waals surface area contributed by atoms with Gasteiger partial charge in [-0.1, -0.05) is 269 Å². The first-order valence-corrected chi connectivity index (χ1v) is 33.4. The lowest BCUT2D eigenvalue weighted by atomic mass is 10.0. The average molecular weight is 1080 g/mol. The molecule has 0 aromatic carbocycles. The van der Waals surface area contributed by atoms with E-state index in [1.165, 1.54) is 186 Å². The van der Waals surface area contributed by atoms with Crippen LogP contribution in [-0.2, 0) is 27.9 Å². The van der Waals surface area contributed by atoms with E-state index in [0.717, 1.165) is 83.5 Å². The Kier molecular flexibility index (Phi) is 53.8. The molecule has 0 aromatic rings. The van der Waals surface area contributed by atoms with Gasteiger partial charge in [0.2, 0.25) is 5.91 Å². The second-order valence-corrected chi connectivity index (χ2v) is 24.3. The first-order valence-electron chi connectivity index (χ1n) is 31.9. The summed E-state index contributed by atoms with van der Waals surface area (Å²) in [5, 5.41) is 3.03. The van der Waals surface area contributed by atoms with Gasteiger partial charge in [-0.15, -0.1) is 0 Å². The van der Waals surface area contributed by atoms with Crippen molar-refractivity contribution in [1.82, 2.24) is 5.32 Å². The number of rotatable bonds is 58. The van der Waals surface area contributed by atoms with E-state index in [4.69, 9.17) is 13.8 Å². The molecule has 9 nitrogen and oxygen atoms in total.